The van der Waals surface area contributed by atoms with E-state index in [0.29, 0.717) is 18.1 Å². The van der Waals surface area contributed by atoms with Crippen molar-refractivity contribution in [3.63, 3.8) is 0 Å². The zero-order valence-electron chi connectivity index (χ0n) is 11.0. The largest absolute Gasteiger partial charge is 0.354 e. The number of hydrogen-bond acceptors (Lipinski definition) is 6. The maximum atomic E-state index is 10.6. The van der Waals surface area contributed by atoms with Gasteiger partial charge in [-0.2, -0.15) is 10.1 Å². The molecule has 1 aromatic carbocycles. The minimum Gasteiger partial charge on any atom is -0.354 e. The van der Waals surface area contributed by atoms with Crippen LogP contribution in [0.25, 0.3) is 11.0 Å². The average molecular weight is 284 g/mol. The number of H-pyrrole nitrogens is 1. The van der Waals surface area contributed by atoms with Gasteiger partial charge in [-0.25, -0.2) is 4.98 Å². The number of nitro groups is 1. The molecule has 0 aliphatic rings. The van der Waals surface area contributed by atoms with Crippen LogP contribution >= 0.6 is 0 Å². The Labute approximate surface area is 119 Å². The molecule has 2 N–H and O–H groups in total. The van der Waals surface area contributed by atoms with E-state index >= 15 is 0 Å². The van der Waals surface area contributed by atoms with Gasteiger partial charge in [0.15, 0.2) is 5.65 Å². The number of aromatic amines is 1. The van der Waals surface area contributed by atoms with E-state index in [4.69, 9.17) is 0 Å². The summed E-state index contributed by atoms with van der Waals surface area (Å²) in [7, 11) is 0. The minimum atomic E-state index is -0.407. The molecule has 0 saturated carbocycles. The van der Waals surface area contributed by atoms with Crippen LogP contribution in [0.2, 0.25) is 0 Å². The Balaban J connectivity index is 1.58. The molecule has 0 bridgehead atoms. The first-order valence-electron chi connectivity index (χ1n) is 6.36. The molecule has 0 aliphatic carbocycles. The number of nitrogens with one attached hydrogen (secondary N) is 2. The van der Waals surface area contributed by atoms with Gasteiger partial charge in [0.2, 0.25) is 5.95 Å². The van der Waals surface area contributed by atoms with Crippen LogP contribution in [0, 0.1) is 10.1 Å². The summed E-state index contributed by atoms with van der Waals surface area (Å²) in [5.41, 5.74) is 1.79. The van der Waals surface area contributed by atoms with Crippen LogP contribution in [-0.4, -0.2) is 31.6 Å². The van der Waals surface area contributed by atoms with Gasteiger partial charge in [-0.1, -0.05) is 12.1 Å². The van der Waals surface area contributed by atoms with Gasteiger partial charge in [0, 0.05) is 24.9 Å². The molecule has 0 radical (unpaired) electrons. The number of aromatic nitrogens is 4. The fourth-order valence-corrected chi connectivity index (χ4v) is 1.93. The van der Waals surface area contributed by atoms with Gasteiger partial charge in [0.25, 0.3) is 5.69 Å². The van der Waals surface area contributed by atoms with Crippen molar-refractivity contribution in [1.82, 2.24) is 20.2 Å². The number of non-ortho nitro benzene ring substituents is 1. The first-order valence-corrected chi connectivity index (χ1v) is 6.36. The van der Waals surface area contributed by atoms with Gasteiger partial charge in [-0.15, -0.1) is 0 Å². The number of anilines is 1. The molecule has 0 aliphatic heterocycles. The molecule has 2 aromatic heterocycles. The van der Waals surface area contributed by atoms with Crippen LogP contribution < -0.4 is 5.32 Å². The molecule has 0 spiro atoms. The number of hydrogen-bond donors (Lipinski definition) is 2. The smallest absolute Gasteiger partial charge is 0.269 e. The van der Waals surface area contributed by atoms with Crippen molar-refractivity contribution in [3.8, 4) is 0 Å². The molecule has 3 aromatic rings. The summed E-state index contributed by atoms with van der Waals surface area (Å²) in [6.45, 7) is 0.636. The van der Waals surface area contributed by atoms with E-state index in [1.807, 2.05) is 0 Å². The summed E-state index contributed by atoms with van der Waals surface area (Å²) in [4.78, 5) is 18.6. The fourth-order valence-electron chi connectivity index (χ4n) is 1.93. The van der Waals surface area contributed by atoms with Crippen LogP contribution in [0.15, 0.2) is 36.7 Å². The normalized spacial score (nSPS) is 10.7. The number of nitro benzene ring substituents is 1. The maximum Gasteiger partial charge on any atom is 0.269 e. The molecule has 0 saturated heterocycles. The third-order valence-electron chi connectivity index (χ3n) is 3.04. The van der Waals surface area contributed by atoms with Crippen LogP contribution in [0.3, 0.4) is 0 Å². The van der Waals surface area contributed by atoms with E-state index < -0.39 is 4.92 Å². The lowest BCUT2D eigenvalue weighted by atomic mass is 10.1. The van der Waals surface area contributed by atoms with Crippen molar-refractivity contribution >= 4 is 22.7 Å². The quantitative estimate of drug-likeness (QED) is 0.547. The van der Waals surface area contributed by atoms with Crippen LogP contribution in [0.4, 0.5) is 11.6 Å². The number of nitrogens with zero attached hydrogens (tertiary/aromatic N) is 4. The average Bonchev–Trinajstić information content (AvgIpc) is 2.95. The summed E-state index contributed by atoms with van der Waals surface area (Å²) in [6, 6.07) is 6.50. The number of benzene rings is 1. The first kappa shape index (κ1) is 13.0. The van der Waals surface area contributed by atoms with E-state index in [-0.39, 0.29) is 5.69 Å². The van der Waals surface area contributed by atoms with Gasteiger partial charge in [-0.3, -0.25) is 15.2 Å². The van der Waals surface area contributed by atoms with Crippen molar-refractivity contribution < 1.29 is 4.92 Å². The second kappa shape index (κ2) is 5.53. The Morgan fingerprint density at radius 3 is 2.81 bits per heavy atom. The number of fused-ring (bicyclic) bond motifs is 1. The summed E-state index contributed by atoms with van der Waals surface area (Å²) in [5.74, 6) is 0.522. The zero-order valence-corrected chi connectivity index (χ0v) is 11.0. The highest BCUT2D eigenvalue weighted by Gasteiger charge is 2.04. The third-order valence-corrected chi connectivity index (χ3v) is 3.04. The van der Waals surface area contributed by atoms with E-state index in [0.717, 1.165) is 17.4 Å². The molecular formula is C13H12N6O2. The molecule has 8 nitrogen and oxygen atoms in total. The first-order chi connectivity index (χ1) is 10.2. The molecule has 106 valence electrons. The lowest BCUT2D eigenvalue weighted by molar-refractivity contribution is -0.384. The van der Waals surface area contributed by atoms with E-state index in [1.54, 1.807) is 24.5 Å². The lowest BCUT2D eigenvalue weighted by Gasteiger charge is -2.04. The van der Waals surface area contributed by atoms with Gasteiger partial charge in [0.1, 0.15) is 0 Å². The second-order valence-electron chi connectivity index (χ2n) is 4.47. The Morgan fingerprint density at radius 2 is 2.05 bits per heavy atom. The Bertz CT molecular complexity index is 768. The predicted molar refractivity (Wildman–Crippen MR) is 77.0 cm³/mol. The van der Waals surface area contributed by atoms with Gasteiger partial charge >= 0.3 is 0 Å². The van der Waals surface area contributed by atoms with Crippen molar-refractivity contribution in [3.05, 3.63) is 52.3 Å². The van der Waals surface area contributed by atoms with Crippen molar-refractivity contribution in [2.75, 3.05) is 11.9 Å². The topological polar surface area (TPSA) is 110 Å². The van der Waals surface area contributed by atoms with Crippen LogP contribution in [0.1, 0.15) is 5.56 Å². The lowest BCUT2D eigenvalue weighted by Crippen LogP contribution is -2.07. The van der Waals surface area contributed by atoms with E-state index in [2.05, 4.69) is 25.5 Å². The highest BCUT2D eigenvalue weighted by atomic mass is 16.6. The predicted octanol–water partition coefficient (Wildman–Crippen LogP) is 1.92. The summed E-state index contributed by atoms with van der Waals surface area (Å²) in [5, 5.41) is 21.2. The van der Waals surface area contributed by atoms with Gasteiger partial charge in [0.05, 0.1) is 16.5 Å². The minimum absolute atomic E-state index is 0.0970. The second-order valence-corrected chi connectivity index (χ2v) is 4.47. The highest BCUT2D eigenvalue weighted by molar-refractivity contribution is 5.73. The van der Waals surface area contributed by atoms with Gasteiger partial charge < -0.3 is 5.32 Å². The Hall–Kier alpha value is -3.03. The van der Waals surface area contributed by atoms with Crippen molar-refractivity contribution in [1.29, 1.82) is 0 Å². The molecule has 2 heterocycles. The highest BCUT2D eigenvalue weighted by Crippen LogP contribution is 2.12. The molecule has 0 atom stereocenters. The Kier molecular flexibility index (Phi) is 3.42. The van der Waals surface area contributed by atoms with Gasteiger partial charge in [-0.05, 0) is 12.0 Å². The summed E-state index contributed by atoms with van der Waals surface area (Å²) in [6.07, 6.45) is 4.08. The zero-order chi connectivity index (χ0) is 14.7. The standard InChI is InChI=1S/C13H12N6O2/c20-19(21)11-3-1-9(2-4-11)5-6-14-13-15-7-10-8-16-18-12(10)17-13/h1-4,7-8H,5-6H2,(H2,14,15,16,17,18). The maximum absolute atomic E-state index is 10.6. The molecule has 0 unspecified atom stereocenters. The third kappa shape index (κ3) is 2.94. The van der Waals surface area contributed by atoms with E-state index in [9.17, 15) is 10.1 Å². The molecule has 3 rings (SSSR count). The van der Waals surface area contributed by atoms with E-state index in [1.165, 1.54) is 12.1 Å². The SMILES string of the molecule is O=[N+]([O-])c1ccc(CCNc2ncc3cn[nH]c3n2)cc1. The summed E-state index contributed by atoms with van der Waals surface area (Å²) >= 11 is 0. The summed E-state index contributed by atoms with van der Waals surface area (Å²) < 4.78 is 0. The molecule has 21 heavy (non-hydrogen) atoms. The monoisotopic (exact) mass is 284 g/mol. The van der Waals surface area contributed by atoms with Crippen molar-refractivity contribution in [2.24, 2.45) is 0 Å². The Morgan fingerprint density at radius 1 is 1.24 bits per heavy atom. The molecular weight excluding hydrogens is 272 g/mol. The molecule has 0 amide bonds. The number of rotatable bonds is 5. The fraction of sp³-hybridized carbons (Fsp3) is 0.154. The van der Waals surface area contributed by atoms with Crippen LogP contribution in [0.5, 0.6) is 0 Å². The molecule has 0 fully saturated rings. The molecule has 8 heteroatoms. The van der Waals surface area contributed by atoms with Crippen LogP contribution in [-0.2, 0) is 6.42 Å². The van der Waals surface area contributed by atoms with Crippen molar-refractivity contribution in [2.45, 2.75) is 6.42 Å².